The zero-order valence-corrected chi connectivity index (χ0v) is 12.3. The fourth-order valence-corrected chi connectivity index (χ4v) is 2.46. The van der Waals surface area contributed by atoms with Crippen LogP contribution in [0.5, 0.6) is 0 Å². The molecule has 22 heavy (non-hydrogen) atoms. The van der Waals surface area contributed by atoms with Gasteiger partial charge in [-0.25, -0.2) is 14.4 Å². The second-order valence-corrected chi connectivity index (χ2v) is 5.37. The highest BCUT2D eigenvalue weighted by Gasteiger charge is 2.16. The van der Waals surface area contributed by atoms with Crippen molar-refractivity contribution in [2.75, 3.05) is 23.3 Å². The van der Waals surface area contributed by atoms with Gasteiger partial charge < -0.3 is 10.2 Å². The maximum atomic E-state index is 13.5. The lowest BCUT2D eigenvalue weighted by Gasteiger charge is -2.16. The molecule has 0 radical (unpaired) electrons. The van der Waals surface area contributed by atoms with Gasteiger partial charge in [-0.1, -0.05) is 6.07 Å². The largest absolute Gasteiger partial charge is 0.357 e. The molecule has 6 heteroatoms. The van der Waals surface area contributed by atoms with Gasteiger partial charge in [-0.15, -0.1) is 0 Å². The van der Waals surface area contributed by atoms with E-state index in [2.05, 4.69) is 20.2 Å². The van der Waals surface area contributed by atoms with Crippen LogP contribution < -0.4 is 10.2 Å². The van der Waals surface area contributed by atoms with E-state index in [9.17, 15) is 9.18 Å². The Morgan fingerprint density at radius 1 is 1.23 bits per heavy atom. The standard InChI is InChI=1S/C16H17FN4O/c1-11-4-5-12(8-13(11)17)20-16(22)14-9-15(19-10-18-14)21-6-2-3-7-21/h4-5,8-10H,2-3,6-7H2,1H3,(H,20,22). The van der Waals surface area contributed by atoms with Crippen LogP contribution in [-0.4, -0.2) is 29.0 Å². The van der Waals surface area contributed by atoms with Crippen molar-refractivity contribution in [1.82, 2.24) is 9.97 Å². The monoisotopic (exact) mass is 300 g/mol. The van der Waals surface area contributed by atoms with Crippen LogP contribution >= 0.6 is 0 Å². The predicted molar refractivity (Wildman–Crippen MR) is 82.6 cm³/mol. The van der Waals surface area contributed by atoms with Crippen LogP contribution in [-0.2, 0) is 0 Å². The molecule has 0 atom stereocenters. The number of carbonyl (C=O) groups excluding carboxylic acids is 1. The second kappa shape index (κ2) is 6.09. The number of halogens is 1. The lowest BCUT2D eigenvalue weighted by Crippen LogP contribution is -2.21. The number of anilines is 2. The first-order valence-corrected chi connectivity index (χ1v) is 7.28. The van der Waals surface area contributed by atoms with E-state index in [0.29, 0.717) is 11.3 Å². The third kappa shape index (κ3) is 3.05. The normalized spacial score (nSPS) is 14.2. The highest BCUT2D eigenvalue weighted by Crippen LogP contribution is 2.19. The van der Waals surface area contributed by atoms with Crippen molar-refractivity contribution in [3.05, 3.63) is 47.7 Å². The first-order chi connectivity index (χ1) is 10.6. The number of nitrogens with one attached hydrogen (secondary N) is 1. The summed E-state index contributed by atoms with van der Waals surface area (Å²) < 4.78 is 13.5. The highest BCUT2D eigenvalue weighted by molar-refractivity contribution is 6.03. The van der Waals surface area contributed by atoms with E-state index in [1.165, 1.54) is 12.4 Å². The molecule has 1 amide bonds. The van der Waals surface area contributed by atoms with Gasteiger partial charge >= 0.3 is 0 Å². The van der Waals surface area contributed by atoms with Crippen LogP contribution in [0.1, 0.15) is 28.9 Å². The fourth-order valence-electron chi connectivity index (χ4n) is 2.46. The summed E-state index contributed by atoms with van der Waals surface area (Å²) in [4.78, 5) is 22.6. The number of carbonyl (C=O) groups is 1. The Labute approximate surface area is 128 Å². The molecule has 1 aliphatic rings. The molecular weight excluding hydrogens is 283 g/mol. The summed E-state index contributed by atoms with van der Waals surface area (Å²) in [7, 11) is 0. The molecule has 0 aliphatic carbocycles. The van der Waals surface area contributed by atoms with E-state index >= 15 is 0 Å². The number of rotatable bonds is 3. The topological polar surface area (TPSA) is 58.1 Å². The SMILES string of the molecule is Cc1ccc(NC(=O)c2cc(N3CCCC3)ncn2)cc1F. The van der Waals surface area contributed by atoms with E-state index in [1.807, 2.05) is 0 Å². The number of hydrogen-bond acceptors (Lipinski definition) is 4. The van der Waals surface area contributed by atoms with Crippen molar-refractivity contribution in [3.8, 4) is 0 Å². The van der Waals surface area contributed by atoms with E-state index in [1.54, 1.807) is 25.1 Å². The molecule has 2 aromatic rings. The molecule has 114 valence electrons. The van der Waals surface area contributed by atoms with Crippen LogP contribution in [0.15, 0.2) is 30.6 Å². The van der Waals surface area contributed by atoms with Crippen molar-refractivity contribution in [1.29, 1.82) is 0 Å². The van der Waals surface area contributed by atoms with E-state index in [4.69, 9.17) is 0 Å². The average molecular weight is 300 g/mol. The Morgan fingerprint density at radius 3 is 2.73 bits per heavy atom. The summed E-state index contributed by atoms with van der Waals surface area (Å²) in [5.74, 6) is 0.0390. The zero-order chi connectivity index (χ0) is 15.5. The molecule has 1 aliphatic heterocycles. The molecule has 1 aromatic carbocycles. The van der Waals surface area contributed by atoms with Crippen LogP contribution in [0.2, 0.25) is 0 Å². The first-order valence-electron chi connectivity index (χ1n) is 7.28. The summed E-state index contributed by atoms with van der Waals surface area (Å²) in [5.41, 5.74) is 1.23. The lowest BCUT2D eigenvalue weighted by atomic mass is 10.2. The third-order valence-electron chi connectivity index (χ3n) is 3.75. The third-order valence-corrected chi connectivity index (χ3v) is 3.75. The number of hydrogen-bond donors (Lipinski definition) is 1. The van der Waals surface area contributed by atoms with Crippen molar-refractivity contribution < 1.29 is 9.18 Å². The van der Waals surface area contributed by atoms with Gasteiger partial charge in [0.1, 0.15) is 23.7 Å². The minimum atomic E-state index is -0.369. The Bertz CT molecular complexity index is 698. The summed E-state index contributed by atoms with van der Waals surface area (Å²) in [6, 6.07) is 6.26. The number of benzene rings is 1. The van der Waals surface area contributed by atoms with Gasteiger partial charge in [-0.3, -0.25) is 4.79 Å². The van der Waals surface area contributed by atoms with Gasteiger partial charge in [0.15, 0.2) is 0 Å². The molecule has 1 aromatic heterocycles. The molecule has 1 fully saturated rings. The van der Waals surface area contributed by atoms with E-state index in [0.717, 1.165) is 31.7 Å². The Hall–Kier alpha value is -2.50. The highest BCUT2D eigenvalue weighted by atomic mass is 19.1. The number of nitrogens with zero attached hydrogens (tertiary/aromatic N) is 3. The quantitative estimate of drug-likeness (QED) is 0.947. The molecule has 1 saturated heterocycles. The zero-order valence-electron chi connectivity index (χ0n) is 12.3. The molecule has 0 bridgehead atoms. The van der Waals surface area contributed by atoms with Gasteiger partial charge in [0.2, 0.25) is 0 Å². The molecule has 0 spiro atoms. The minimum Gasteiger partial charge on any atom is -0.357 e. The summed E-state index contributed by atoms with van der Waals surface area (Å²) in [6.45, 7) is 3.57. The molecule has 1 N–H and O–H groups in total. The maximum Gasteiger partial charge on any atom is 0.274 e. The lowest BCUT2D eigenvalue weighted by molar-refractivity contribution is 0.102. The van der Waals surface area contributed by atoms with Crippen LogP contribution in [0.4, 0.5) is 15.9 Å². The smallest absolute Gasteiger partial charge is 0.274 e. The van der Waals surface area contributed by atoms with Crippen molar-refractivity contribution in [3.63, 3.8) is 0 Å². The van der Waals surface area contributed by atoms with Crippen molar-refractivity contribution in [2.45, 2.75) is 19.8 Å². The summed E-state index contributed by atoms with van der Waals surface area (Å²) >= 11 is 0. The number of amides is 1. The number of aromatic nitrogens is 2. The van der Waals surface area contributed by atoms with Gasteiger partial charge in [-0.2, -0.15) is 0 Å². The Morgan fingerprint density at radius 2 is 2.00 bits per heavy atom. The van der Waals surface area contributed by atoms with Gasteiger partial charge in [-0.05, 0) is 37.5 Å². The van der Waals surface area contributed by atoms with Crippen molar-refractivity contribution >= 4 is 17.4 Å². The summed E-state index contributed by atoms with van der Waals surface area (Å²) in [6.07, 6.45) is 3.65. The van der Waals surface area contributed by atoms with Crippen LogP contribution in [0.25, 0.3) is 0 Å². The minimum absolute atomic E-state index is 0.276. The second-order valence-electron chi connectivity index (χ2n) is 5.37. The van der Waals surface area contributed by atoms with Gasteiger partial charge in [0.25, 0.3) is 5.91 Å². The molecule has 0 unspecified atom stereocenters. The Kier molecular flexibility index (Phi) is 4.00. The molecular formula is C16H17FN4O. The molecule has 3 rings (SSSR count). The number of aryl methyl sites for hydroxylation is 1. The van der Waals surface area contributed by atoms with Crippen LogP contribution in [0.3, 0.4) is 0 Å². The van der Waals surface area contributed by atoms with Crippen molar-refractivity contribution in [2.24, 2.45) is 0 Å². The van der Waals surface area contributed by atoms with Crippen LogP contribution in [0, 0.1) is 12.7 Å². The molecule has 5 nitrogen and oxygen atoms in total. The molecule has 0 saturated carbocycles. The average Bonchev–Trinajstić information content (AvgIpc) is 3.05. The first kappa shape index (κ1) is 14.4. The summed E-state index contributed by atoms with van der Waals surface area (Å²) in [5, 5.41) is 2.66. The Balaban J connectivity index is 1.76. The van der Waals surface area contributed by atoms with E-state index in [-0.39, 0.29) is 17.4 Å². The van der Waals surface area contributed by atoms with Gasteiger partial charge in [0.05, 0.1) is 0 Å². The predicted octanol–water partition coefficient (Wildman–Crippen LogP) is 2.78. The van der Waals surface area contributed by atoms with Gasteiger partial charge in [0, 0.05) is 24.8 Å². The molecule has 2 heterocycles. The van der Waals surface area contributed by atoms with E-state index < -0.39 is 0 Å². The fraction of sp³-hybridized carbons (Fsp3) is 0.312. The maximum absolute atomic E-state index is 13.5.